The Hall–Kier alpha value is -3.21. The average molecular weight is 362 g/mol. The summed E-state index contributed by atoms with van der Waals surface area (Å²) in [6.45, 7) is 4.27. The van der Waals surface area contributed by atoms with Gasteiger partial charge < -0.3 is 8.98 Å². The van der Waals surface area contributed by atoms with Gasteiger partial charge in [-0.1, -0.05) is 25.5 Å². The zero-order chi connectivity index (χ0) is 19.2. The van der Waals surface area contributed by atoms with E-state index in [0.29, 0.717) is 22.6 Å². The summed E-state index contributed by atoms with van der Waals surface area (Å²) in [5.41, 5.74) is 0.709. The minimum absolute atomic E-state index is 0.159. The first kappa shape index (κ1) is 18.6. The largest absolute Gasteiger partial charge is 0.463 e. The van der Waals surface area contributed by atoms with Gasteiger partial charge in [0.15, 0.2) is 11.2 Å². The van der Waals surface area contributed by atoms with E-state index < -0.39 is 0 Å². The number of carbonyl (C=O) groups excluding carboxylic acids is 1. The summed E-state index contributed by atoms with van der Waals surface area (Å²) in [7, 11) is 0. The van der Waals surface area contributed by atoms with Crippen LogP contribution in [-0.4, -0.2) is 15.3 Å². The molecule has 3 aromatic rings. The summed E-state index contributed by atoms with van der Waals surface area (Å²) in [5, 5.41) is 0.495. The number of fused-ring (bicyclic) bond motifs is 1. The molecule has 5 heteroatoms. The fourth-order valence-electron chi connectivity index (χ4n) is 2.98. The average Bonchev–Trinajstić information content (AvgIpc) is 3.15. The first-order valence-corrected chi connectivity index (χ1v) is 9.03. The predicted molar refractivity (Wildman–Crippen MR) is 107 cm³/mol. The van der Waals surface area contributed by atoms with Gasteiger partial charge in [-0.05, 0) is 49.8 Å². The number of ketones is 1. The SMILES string of the molecule is CCCC(C)n1ccnc1/C=C/C(=O)/C=C/c1coc2ccccc2c1=O. The van der Waals surface area contributed by atoms with E-state index in [1.165, 1.54) is 24.5 Å². The normalized spacial score (nSPS) is 13.0. The van der Waals surface area contributed by atoms with Crippen LogP contribution >= 0.6 is 0 Å². The van der Waals surface area contributed by atoms with E-state index in [0.717, 1.165) is 18.7 Å². The molecule has 1 unspecified atom stereocenters. The zero-order valence-electron chi connectivity index (χ0n) is 15.5. The highest BCUT2D eigenvalue weighted by molar-refractivity contribution is 6.04. The molecule has 0 aliphatic carbocycles. The van der Waals surface area contributed by atoms with Crippen molar-refractivity contribution in [1.82, 2.24) is 9.55 Å². The number of nitrogens with zero attached hydrogens (tertiary/aromatic N) is 2. The molecule has 27 heavy (non-hydrogen) atoms. The van der Waals surface area contributed by atoms with Crippen molar-refractivity contribution in [2.45, 2.75) is 32.7 Å². The van der Waals surface area contributed by atoms with Gasteiger partial charge in [-0.2, -0.15) is 0 Å². The number of benzene rings is 1. The van der Waals surface area contributed by atoms with Crippen LogP contribution in [0.3, 0.4) is 0 Å². The Morgan fingerprint density at radius 2 is 2.04 bits per heavy atom. The molecular formula is C22H22N2O3. The maximum Gasteiger partial charge on any atom is 0.199 e. The lowest BCUT2D eigenvalue weighted by Crippen LogP contribution is -2.06. The summed E-state index contributed by atoms with van der Waals surface area (Å²) in [5.74, 6) is 0.517. The molecule has 2 heterocycles. The molecule has 0 radical (unpaired) electrons. The number of hydrogen-bond donors (Lipinski definition) is 0. The van der Waals surface area contributed by atoms with Crippen molar-refractivity contribution in [1.29, 1.82) is 0 Å². The summed E-state index contributed by atoms with van der Waals surface area (Å²) >= 11 is 0. The summed E-state index contributed by atoms with van der Waals surface area (Å²) < 4.78 is 7.50. The maximum absolute atomic E-state index is 12.4. The van der Waals surface area contributed by atoms with Gasteiger partial charge in [-0.3, -0.25) is 9.59 Å². The number of aromatic nitrogens is 2. The number of carbonyl (C=O) groups is 1. The van der Waals surface area contributed by atoms with Gasteiger partial charge >= 0.3 is 0 Å². The number of hydrogen-bond acceptors (Lipinski definition) is 4. The maximum atomic E-state index is 12.4. The molecule has 0 spiro atoms. The molecule has 5 nitrogen and oxygen atoms in total. The van der Waals surface area contributed by atoms with E-state index in [1.807, 2.05) is 6.20 Å². The third-order valence-electron chi connectivity index (χ3n) is 4.41. The molecule has 138 valence electrons. The van der Waals surface area contributed by atoms with Gasteiger partial charge in [-0.25, -0.2) is 4.98 Å². The highest BCUT2D eigenvalue weighted by Crippen LogP contribution is 2.16. The second-order valence-electron chi connectivity index (χ2n) is 6.42. The van der Waals surface area contributed by atoms with Crippen LogP contribution in [0.4, 0.5) is 0 Å². The number of rotatable bonds is 7. The summed E-state index contributed by atoms with van der Waals surface area (Å²) in [4.78, 5) is 28.9. The summed E-state index contributed by atoms with van der Waals surface area (Å²) in [6, 6.07) is 7.35. The lowest BCUT2D eigenvalue weighted by Gasteiger charge is -2.13. The lowest BCUT2D eigenvalue weighted by molar-refractivity contribution is -0.110. The molecule has 2 aromatic heterocycles. The minimum atomic E-state index is -0.222. The Morgan fingerprint density at radius 1 is 1.26 bits per heavy atom. The van der Waals surface area contributed by atoms with Crippen molar-refractivity contribution in [2.24, 2.45) is 0 Å². The van der Waals surface area contributed by atoms with Crippen LogP contribution in [0.2, 0.25) is 0 Å². The van der Waals surface area contributed by atoms with Crippen LogP contribution < -0.4 is 5.43 Å². The number of allylic oxidation sites excluding steroid dienone is 2. The molecule has 0 bridgehead atoms. The second kappa shape index (κ2) is 8.45. The first-order valence-electron chi connectivity index (χ1n) is 9.03. The Kier molecular flexibility index (Phi) is 5.81. The van der Waals surface area contributed by atoms with Crippen molar-refractivity contribution < 1.29 is 9.21 Å². The Bertz CT molecular complexity index is 1060. The standard InChI is InChI=1S/C22H22N2O3/c1-3-6-16(2)24-14-13-23-21(24)12-11-18(25)10-9-17-15-27-20-8-5-4-7-19(20)22(17)26/h4-5,7-16H,3,6H2,1-2H3/b10-9+,12-11+. The second-order valence-corrected chi connectivity index (χ2v) is 6.42. The van der Waals surface area contributed by atoms with E-state index >= 15 is 0 Å². The molecule has 0 N–H and O–H groups in total. The predicted octanol–water partition coefficient (Wildman–Crippen LogP) is 4.65. The smallest absolute Gasteiger partial charge is 0.199 e. The van der Waals surface area contributed by atoms with Gasteiger partial charge in [0.1, 0.15) is 17.7 Å². The fourth-order valence-corrected chi connectivity index (χ4v) is 2.98. The summed E-state index contributed by atoms with van der Waals surface area (Å²) in [6.07, 6.45) is 13.1. The number of imidazole rings is 1. The van der Waals surface area contributed by atoms with Crippen LogP contribution in [0.15, 0.2) is 64.3 Å². The van der Waals surface area contributed by atoms with Crippen molar-refractivity contribution >= 4 is 28.9 Å². The topological polar surface area (TPSA) is 65.1 Å². The molecular weight excluding hydrogens is 340 g/mol. The van der Waals surface area contributed by atoms with Crippen LogP contribution in [0.1, 0.15) is 44.1 Å². The highest BCUT2D eigenvalue weighted by atomic mass is 16.3. The Morgan fingerprint density at radius 3 is 2.85 bits per heavy atom. The van der Waals surface area contributed by atoms with Crippen molar-refractivity contribution in [3.63, 3.8) is 0 Å². The van der Waals surface area contributed by atoms with Crippen molar-refractivity contribution in [3.05, 3.63) is 76.7 Å². The molecule has 1 atom stereocenters. The number of para-hydroxylation sites is 1. The van der Waals surface area contributed by atoms with Gasteiger partial charge in [0, 0.05) is 18.4 Å². The van der Waals surface area contributed by atoms with E-state index in [-0.39, 0.29) is 11.2 Å². The van der Waals surface area contributed by atoms with Gasteiger partial charge in [-0.15, -0.1) is 0 Å². The fraction of sp³-hybridized carbons (Fsp3) is 0.227. The van der Waals surface area contributed by atoms with Crippen LogP contribution in [-0.2, 0) is 4.79 Å². The molecule has 0 fully saturated rings. The molecule has 0 saturated carbocycles. The first-order chi connectivity index (χ1) is 13.1. The van der Waals surface area contributed by atoms with E-state index in [4.69, 9.17) is 4.42 Å². The third kappa shape index (κ3) is 4.31. The molecule has 0 amide bonds. The molecule has 3 rings (SSSR count). The van der Waals surface area contributed by atoms with Crippen molar-refractivity contribution in [2.75, 3.05) is 0 Å². The van der Waals surface area contributed by atoms with Gasteiger partial charge in [0.05, 0.1) is 10.9 Å². The Balaban J connectivity index is 1.75. The van der Waals surface area contributed by atoms with Crippen molar-refractivity contribution in [3.8, 4) is 0 Å². The zero-order valence-corrected chi connectivity index (χ0v) is 15.5. The molecule has 0 aliphatic rings. The quantitative estimate of drug-likeness (QED) is 0.574. The van der Waals surface area contributed by atoms with E-state index in [1.54, 1.807) is 36.5 Å². The highest BCUT2D eigenvalue weighted by Gasteiger charge is 2.07. The van der Waals surface area contributed by atoms with Crippen LogP contribution in [0.5, 0.6) is 0 Å². The van der Waals surface area contributed by atoms with Gasteiger partial charge in [0.25, 0.3) is 0 Å². The molecule has 0 saturated heterocycles. The van der Waals surface area contributed by atoms with E-state index in [2.05, 4.69) is 23.4 Å². The van der Waals surface area contributed by atoms with Crippen LogP contribution in [0.25, 0.3) is 23.1 Å². The van der Waals surface area contributed by atoms with E-state index in [9.17, 15) is 9.59 Å². The molecule has 0 aliphatic heterocycles. The molecule has 1 aromatic carbocycles. The lowest BCUT2D eigenvalue weighted by atomic mass is 10.1. The monoisotopic (exact) mass is 362 g/mol. The van der Waals surface area contributed by atoms with Crippen LogP contribution in [0, 0.1) is 0 Å². The minimum Gasteiger partial charge on any atom is -0.463 e. The Labute approximate surface area is 157 Å². The van der Waals surface area contributed by atoms with Gasteiger partial charge in [0.2, 0.25) is 0 Å². The third-order valence-corrected chi connectivity index (χ3v) is 4.41.